The van der Waals surface area contributed by atoms with Crippen LogP contribution in [0.4, 0.5) is 5.82 Å². The van der Waals surface area contributed by atoms with Crippen molar-refractivity contribution in [3.8, 4) is 34.3 Å². The molecule has 34 heavy (non-hydrogen) atoms. The molecule has 0 fully saturated rings. The van der Waals surface area contributed by atoms with Gasteiger partial charge in [0.05, 0.1) is 27.1 Å². The van der Waals surface area contributed by atoms with Crippen LogP contribution >= 0.6 is 11.6 Å². The van der Waals surface area contributed by atoms with Crippen molar-refractivity contribution < 1.29 is 17.1 Å². The zero-order valence-corrected chi connectivity index (χ0v) is 20.4. The molecule has 0 bridgehead atoms. The van der Waals surface area contributed by atoms with E-state index in [0.717, 1.165) is 17.7 Å². The number of aromatic nitrogens is 4. The first-order valence-corrected chi connectivity index (χ1v) is 12.4. The summed E-state index contributed by atoms with van der Waals surface area (Å²) in [6, 6.07) is 12.2. The third-order valence-corrected chi connectivity index (χ3v) is 7.64. The number of nitrogens with one attached hydrogen (secondary N) is 1. The molecule has 0 aliphatic rings. The van der Waals surface area contributed by atoms with Crippen LogP contribution in [0.5, 0.6) is 0 Å². The van der Waals surface area contributed by atoms with Crippen LogP contribution in [0.15, 0.2) is 58.0 Å². The van der Waals surface area contributed by atoms with Gasteiger partial charge in [0.15, 0.2) is 21.3 Å². The molecule has 0 aliphatic heterocycles. The molecule has 182 valence electrons. The number of nitrogens with two attached hydrogens (primary N) is 1. The van der Waals surface area contributed by atoms with E-state index in [-0.39, 0.29) is 31.6 Å². The minimum atomic E-state index is -3.46. The molecule has 3 N–H and O–H groups in total. The van der Waals surface area contributed by atoms with Crippen molar-refractivity contribution in [2.45, 2.75) is 30.5 Å². The maximum absolute atomic E-state index is 12.5. The monoisotopic (exact) mass is 504 g/mol. The Kier molecular flexibility index (Phi) is 6.65. The Balaban J connectivity index is 0.00000228. The lowest BCUT2D eigenvalue weighted by Gasteiger charge is -2.11. The van der Waals surface area contributed by atoms with Crippen LogP contribution in [-0.2, 0) is 16.4 Å². The molecule has 0 saturated carbocycles. The Labute approximate surface area is 206 Å². The summed E-state index contributed by atoms with van der Waals surface area (Å²) < 4.78 is 30.7. The van der Waals surface area contributed by atoms with Gasteiger partial charge in [-0.15, -0.1) is 10.2 Å². The molecule has 0 spiro atoms. The first-order valence-electron chi connectivity index (χ1n) is 10.4. The van der Waals surface area contributed by atoms with Crippen molar-refractivity contribution >= 4 is 27.3 Å². The molecule has 2 aromatic heterocycles. The second-order valence-corrected chi connectivity index (χ2v) is 10.8. The van der Waals surface area contributed by atoms with Crippen LogP contribution in [-0.4, -0.2) is 40.9 Å². The molecule has 2 aromatic carbocycles. The van der Waals surface area contributed by atoms with E-state index in [2.05, 4.69) is 25.5 Å². The van der Waals surface area contributed by atoms with Crippen LogP contribution in [0, 0.1) is 0 Å². The minimum Gasteiger partial charge on any atom is -0.414 e. The molecule has 9 nitrogen and oxygen atoms in total. The molecule has 4 rings (SSSR count). The predicted molar refractivity (Wildman–Crippen MR) is 137 cm³/mol. The second kappa shape index (κ2) is 9.49. The number of sulfone groups is 1. The fourth-order valence-electron chi connectivity index (χ4n) is 3.24. The zero-order chi connectivity index (χ0) is 24.5. The Morgan fingerprint density at radius 2 is 1.82 bits per heavy atom. The third kappa shape index (κ3) is 4.65. The van der Waals surface area contributed by atoms with E-state index in [4.69, 9.17) is 21.8 Å². The molecule has 0 saturated heterocycles. The first kappa shape index (κ1) is 23.8. The van der Waals surface area contributed by atoms with Crippen molar-refractivity contribution in [2.75, 3.05) is 12.8 Å². The molecular weight excluding hydrogens is 476 g/mol. The van der Waals surface area contributed by atoms with Crippen molar-refractivity contribution in [2.24, 2.45) is 0 Å². The van der Waals surface area contributed by atoms with Crippen LogP contribution in [0.3, 0.4) is 0 Å². The van der Waals surface area contributed by atoms with E-state index in [0.29, 0.717) is 17.1 Å². The summed E-state index contributed by atoms with van der Waals surface area (Å²) in [7, 11) is -1.58. The standard InChI is InChI=1S/C23H23ClN6O3S.3H2/c1-13(2)34(31,32)16-8-9-17(18(24)10-16)19-12-27-21(25)20(28-19)23-30-29-22(33-23)15-6-4-14(5-7-15)11-26-3;;;/h4-10,12-13,26H,11H2,1-3H3,(H2,25,27);3*1H. The van der Waals surface area contributed by atoms with Gasteiger partial charge in [0.2, 0.25) is 5.89 Å². The van der Waals surface area contributed by atoms with Gasteiger partial charge in [-0.25, -0.2) is 18.4 Å². The average Bonchev–Trinajstić information content (AvgIpc) is 3.30. The van der Waals surface area contributed by atoms with Gasteiger partial charge in [0, 0.05) is 22.0 Å². The summed E-state index contributed by atoms with van der Waals surface area (Å²) in [5.74, 6) is 0.536. The van der Waals surface area contributed by atoms with Gasteiger partial charge >= 0.3 is 0 Å². The predicted octanol–water partition coefficient (Wildman–Crippen LogP) is 4.74. The normalized spacial score (nSPS) is 11.8. The lowest BCUT2D eigenvalue weighted by atomic mass is 10.1. The maximum atomic E-state index is 12.5. The number of anilines is 1. The van der Waals surface area contributed by atoms with Crippen molar-refractivity contribution in [1.29, 1.82) is 0 Å². The van der Waals surface area contributed by atoms with E-state index in [1.54, 1.807) is 19.9 Å². The number of hydrogen-bond acceptors (Lipinski definition) is 9. The number of halogens is 1. The Morgan fingerprint density at radius 1 is 1.12 bits per heavy atom. The quantitative estimate of drug-likeness (QED) is 0.365. The van der Waals surface area contributed by atoms with Crippen LogP contribution < -0.4 is 11.1 Å². The second-order valence-electron chi connectivity index (χ2n) is 7.86. The minimum absolute atomic E-state index is 0. The van der Waals surface area contributed by atoms with Gasteiger partial charge in [-0.05, 0) is 56.8 Å². The number of nitrogens with zero attached hydrogens (tertiary/aromatic N) is 4. The largest absolute Gasteiger partial charge is 0.414 e. The third-order valence-electron chi connectivity index (χ3n) is 5.18. The van der Waals surface area contributed by atoms with E-state index in [1.165, 1.54) is 18.3 Å². The number of nitrogen functional groups attached to an aromatic ring is 1. The van der Waals surface area contributed by atoms with Crippen molar-refractivity contribution in [3.05, 3.63) is 59.2 Å². The highest BCUT2D eigenvalue weighted by molar-refractivity contribution is 7.92. The van der Waals surface area contributed by atoms with Gasteiger partial charge in [-0.1, -0.05) is 23.7 Å². The molecule has 2 heterocycles. The van der Waals surface area contributed by atoms with Gasteiger partial charge in [-0.2, -0.15) is 0 Å². The molecule has 4 aromatic rings. The highest BCUT2D eigenvalue weighted by Crippen LogP contribution is 2.33. The molecule has 0 aliphatic carbocycles. The van der Waals surface area contributed by atoms with Gasteiger partial charge in [-0.3, -0.25) is 0 Å². The average molecular weight is 505 g/mol. The zero-order valence-electron chi connectivity index (χ0n) is 18.8. The maximum Gasteiger partial charge on any atom is 0.270 e. The summed E-state index contributed by atoms with van der Waals surface area (Å²) in [6.07, 6.45) is 1.45. The van der Waals surface area contributed by atoms with E-state index in [1.807, 2.05) is 31.3 Å². The van der Waals surface area contributed by atoms with Gasteiger partial charge in [0.25, 0.3) is 5.89 Å². The van der Waals surface area contributed by atoms with Gasteiger partial charge in [0.1, 0.15) is 0 Å². The first-order chi connectivity index (χ1) is 16.2. The Hall–Kier alpha value is -3.34. The van der Waals surface area contributed by atoms with Gasteiger partial charge < -0.3 is 15.5 Å². The van der Waals surface area contributed by atoms with E-state index >= 15 is 0 Å². The van der Waals surface area contributed by atoms with Crippen molar-refractivity contribution in [1.82, 2.24) is 25.5 Å². The molecule has 0 unspecified atom stereocenters. The number of benzene rings is 2. The summed E-state index contributed by atoms with van der Waals surface area (Å²) in [5.41, 5.74) is 9.00. The molecule has 0 atom stereocenters. The summed E-state index contributed by atoms with van der Waals surface area (Å²) in [4.78, 5) is 8.85. The Bertz CT molecular complexity index is 1450. The van der Waals surface area contributed by atoms with Crippen LogP contribution in [0.1, 0.15) is 23.7 Å². The lowest BCUT2D eigenvalue weighted by Crippen LogP contribution is -2.13. The molecule has 0 amide bonds. The lowest BCUT2D eigenvalue weighted by molar-refractivity contribution is 0.582. The number of hydrogen-bond donors (Lipinski definition) is 2. The fraction of sp³-hybridized carbons (Fsp3) is 0.217. The number of rotatable bonds is 7. The Morgan fingerprint density at radius 3 is 2.47 bits per heavy atom. The topological polar surface area (TPSA) is 137 Å². The van der Waals surface area contributed by atoms with E-state index in [9.17, 15) is 8.42 Å². The highest BCUT2D eigenvalue weighted by atomic mass is 35.5. The molecule has 11 heteroatoms. The van der Waals surface area contributed by atoms with Crippen LogP contribution in [0.25, 0.3) is 34.3 Å². The van der Waals surface area contributed by atoms with Crippen molar-refractivity contribution in [3.63, 3.8) is 0 Å². The SMILES string of the molecule is CNCc1ccc(-c2nnc(-c3nc(-c4ccc(S(=O)(=O)C(C)C)cc4Cl)cnc3N)o2)cc1.[HH].[HH].[HH]. The molecular formula is C23H29ClN6O3S. The van der Waals surface area contributed by atoms with Crippen LogP contribution in [0.2, 0.25) is 5.02 Å². The fourth-order valence-corrected chi connectivity index (χ4v) is 4.67. The molecule has 0 radical (unpaired) electrons. The summed E-state index contributed by atoms with van der Waals surface area (Å²) >= 11 is 6.41. The smallest absolute Gasteiger partial charge is 0.270 e. The summed E-state index contributed by atoms with van der Waals surface area (Å²) in [6.45, 7) is 3.98. The highest BCUT2D eigenvalue weighted by Gasteiger charge is 2.22. The summed E-state index contributed by atoms with van der Waals surface area (Å²) in [5, 5.41) is 10.9. The van der Waals surface area contributed by atoms with E-state index < -0.39 is 15.1 Å².